The Bertz CT molecular complexity index is 553. The van der Waals surface area contributed by atoms with Crippen LogP contribution in [0.2, 0.25) is 5.02 Å². The molecule has 0 amide bonds. The van der Waals surface area contributed by atoms with Gasteiger partial charge in [-0.3, -0.25) is 0 Å². The maximum absolute atomic E-state index is 5.94. The molecule has 112 valence electrons. The molecule has 21 heavy (non-hydrogen) atoms. The first-order chi connectivity index (χ1) is 10.2. The minimum Gasteiger partial charge on any atom is -0.309 e. The molecule has 0 aromatic heterocycles. The maximum Gasteiger partial charge on any atom is 0.0418 e. The monoisotopic (exact) mass is 319 g/mol. The summed E-state index contributed by atoms with van der Waals surface area (Å²) in [7, 11) is 0. The molecule has 0 spiro atoms. The summed E-state index contributed by atoms with van der Waals surface area (Å²) in [6.07, 6.45) is 1.15. The number of benzene rings is 2. The highest BCUT2D eigenvalue weighted by molar-refractivity contribution is 7.99. The van der Waals surface area contributed by atoms with Crippen LogP contribution in [0.4, 0.5) is 0 Å². The van der Waals surface area contributed by atoms with Crippen LogP contribution < -0.4 is 5.32 Å². The molecule has 0 saturated heterocycles. The largest absolute Gasteiger partial charge is 0.309 e. The molecule has 1 atom stereocenters. The highest BCUT2D eigenvalue weighted by atomic mass is 35.5. The number of nitrogens with one attached hydrogen (secondary N) is 1. The van der Waals surface area contributed by atoms with Gasteiger partial charge in [-0.15, -0.1) is 11.8 Å². The minimum absolute atomic E-state index is 0.381. The fourth-order valence-corrected chi connectivity index (χ4v) is 3.38. The van der Waals surface area contributed by atoms with E-state index in [9.17, 15) is 0 Å². The van der Waals surface area contributed by atoms with E-state index in [1.807, 2.05) is 23.9 Å². The van der Waals surface area contributed by atoms with Crippen molar-refractivity contribution in [2.75, 3.05) is 12.3 Å². The molecule has 0 heterocycles. The molecular formula is C18H22ClNS. The third kappa shape index (κ3) is 5.06. The zero-order valence-corrected chi connectivity index (χ0v) is 14.2. The van der Waals surface area contributed by atoms with Gasteiger partial charge in [0.1, 0.15) is 0 Å². The van der Waals surface area contributed by atoms with E-state index in [0.29, 0.717) is 6.04 Å². The van der Waals surface area contributed by atoms with Gasteiger partial charge in [-0.25, -0.2) is 0 Å². The lowest BCUT2D eigenvalue weighted by Crippen LogP contribution is -2.24. The van der Waals surface area contributed by atoms with Gasteiger partial charge in [0.05, 0.1) is 0 Å². The van der Waals surface area contributed by atoms with Gasteiger partial charge in [0.15, 0.2) is 0 Å². The van der Waals surface area contributed by atoms with E-state index >= 15 is 0 Å². The van der Waals surface area contributed by atoms with Crippen LogP contribution in [0.5, 0.6) is 0 Å². The second-order valence-electron chi connectivity index (χ2n) is 5.13. The zero-order chi connectivity index (χ0) is 15.1. The van der Waals surface area contributed by atoms with E-state index in [1.54, 1.807) is 0 Å². The number of thioether (sulfide) groups is 1. The predicted octanol–water partition coefficient (Wildman–Crippen LogP) is 5.48. The third-order valence-electron chi connectivity index (χ3n) is 3.43. The molecule has 0 radical (unpaired) electrons. The SMILES string of the molecule is CCCNC(CSc1ccc(Cl)cc1)c1ccccc1C. The lowest BCUT2D eigenvalue weighted by Gasteiger charge is -2.20. The van der Waals surface area contributed by atoms with Gasteiger partial charge in [0.2, 0.25) is 0 Å². The van der Waals surface area contributed by atoms with E-state index in [0.717, 1.165) is 23.7 Å². The summed E-state index contributed by atoms with van der Waals surface area (Å²) in [5, 5.41) is 4.45. The van der Waals surface area contributed by atoms with E-state index < -0.39 is 0 Å². The second kappa shape index (κ2) is 8.47. The Labute approximate surface area is 137 Å². The molecule has 3 heteroatoms. The first-order valence-electron chi connectivity index (χ1n) is 7.38. The summed E-state index contributed by atoms with van der Waals surface area (Å²) >= 11 is 7.81. The second-order valence-corrected chi connectivity index (χ2v) is 6.66. The highest BCUT2D eigenvalue weighted by Crippen LogP contribution is 2.27. The molecule has 0 aliphatic rings. The number of hydrogen-bond donors (Lipinski definition) is 1. The van der Waals surface area contributed by atoms with Gasteiger partial charge >= 0.3 is 0 Å². The van der Waals surface area contributed by atoms with Gasteiger partial charge in [0.25, 0.3) is 0 Å². The van der Waals surface area contributed by atoms with E-state index in [4.69, 9.17) is 11.6 Å². The standard InChI is InChI=1S/C18H22ClNS/c1-3-12-20-18(17-7-5-4-6-14(17)2)13-21-16-10-8-15(19)9-11-16/h4-11,18,20H,3,12-13H2,1-2H3. The number of rotatable bonds is 7. The number of hydrogen-bond acceptors (Lipinski definition) is 2. The van der Waals surface area contributed by atoms with E-state index in [2.05, 4.69) is 55.6 Å². The normalized spacial score (nSPS) is 12.3. The van der Waals surface area contributed by atoms with Crippen molar-refractivity contribution in [2.45, 2.75) is 31.2 Å². The van der Waals surface area contributed by atoms with Crippen molar-refractivity contribution in [3.63, 3.8) is 0 Å². The van der Waals surface area contributed by atoms with Gasteiger partial charge in [-0.1, -0.05) is 42.8 Å². The Hall–Kier alpha value is -0.960. The van der Waals surface area contributed by atoms with Gasteiger partial charge in [-0.2, -0.15) is 0 Å². The highest BCUT2D eigenvalue weighted by Gasteiger charge is 2.13. The van der Waals surface area contributed by atoms with Crippen molar-refractivity contribution in [1.82, 2.24) is 5.32 Å². The van der Waals surface area contributed by atoms with Crippen molar-refractivity contribution in [3.05, 3.63) is 64.7 Å². The summed E-state index contributed by atoms with van der Waals surface area (Å²) in [5.74, 6) is 1.02. The quantitative estimate of drug-likeness (QED) is 0.678. The molecular weight excluding hydrogens is 298 g/mol. The summed E-state index contributed by atoms with van der Waals surface area (Å²) in [5.41, 5.74) is 2.75. The van der Waals surface area contributed by atoms with Crippen LogP contribution in [0.25, 0.3) is 0 Å². The van der Waals surface area contributed by atoms with Gasteiger partial charge in [0, 0.05) is 21.7 Å². The Morgan fingerprint density at radius 2 is 1.81 bits per heavy atom. The first-order valence-corrected chi connectivity index (χ1v) is 8.74. The lowest BCUT2D eigenvalue weighted by atomic mass is 10.0. The molecule has 1 N–H and O–H groups in total. The Morgan fingerprint density at radius 3 is 2.48 bits per heavy atom. The zero-order valence-electron chi connectivity index (χ0n) is 12.6. The molecule has 0 bridgehead atoms. The smallest absolute Gasteiger partial charge is 0.0418 e. The van der Waals surface area contributed by atoms with E-state index in [1.165, 1.54) is 16.0 Å². The minimum atomic E-state index is 0.381. The van der Waals surface area contributed by atoms with Crippen molar-refractivity contribution in [3.8, 4) is 0 Å². The first kappa shape index (κ1) is 16.4. The molecule has 2 rings (SSSR count). The number of aryl methyl sites for hydroxylation is 1. The van der Waals surface area contributed by atoms with Crippen molar-refractivity contribution >= 4 is 23.4 Å². The van der Waals surface area contributed by atoms with Crippen LogP contribution in [0.15, 0.2) is 53.4 Å². The Morgan fingerprint density at radius 1 is 1.10 bits per heavy atom. The average Bonchev–Trinajstić information content (AvgIpc) is 2.50. The van der Waals surface area contributed by atoms with Gasteiger partial charge < -0.3 is 5.32 Å². The maximum atomic E-state index is 5.94. The lowest BCUT2D eigenvalue weighted by molar-refractivity contribution is 0.575. The Kier molecular flexibility index (Phi) is 6.62. The molecule has 2 aromatic rings. The molecule has 1 nitrogen and oxygen atoms in total. The van der Waals surface area contributed by atoms with Crippen LogP contribution in [0.3, 0.4) is 0 Å². The molecule has 0 saturated carbocycles. The van der Waals surface area contributed by atoms with Crippen molar-refractivity contribution in [1.29, 1.82) is 0 Å². The van der Waals surface area contributed by atoms with Crippen LogP contribution >= 0.6 is 23.4 Å². The molecule has 2 aromatic carbocycles. The molecule has 0 fully saturated rings. The van der Waals surface area contributed by atoms with Crippen LogP contribution in [-0.4, -0.2) is 12.3 Å². The summed E-state index contributed by atoms with van der Waals surface area (Å²) in [6, 6.07) is 17.1. The van der Waals surface area contributed by atoms with Gasteiger partial charge in [-0.05, 0) is 55.3 Å². The van der Waals surface area contributed by atoms with E-state index in [-0.39, 0.29) is 0 Å². The Balaban J connectivity index is 2.06. The fourth-order valence-electron chi connectivity index (χ4n) is 2.27. The summed E-state index contributed by atoms with van der Waals surface area (Å²) in [4.78, 5) is 1.26. The fraction of sp³-hybridized carbons (Fsp3) is 0.333. The summed E-state index contributed by atoms with van der Waals surface area (Å²) in [6.45, 7) is 5.43. The van der Waals surface area contributed by atoms with Crippen LogP contribution in [-0.2, 0) is 0 Å². The van der Waals surface area contributed by atoms with Crippen molar-refractivity contribution in [2.24, 2.45) is 0 Å². The van der Waals surface area contributed by atoms with Crippen LogP contribution in [0, 0.1) is 6.92 Å². The van der Waals surface area contributed by atoms with Crippen LogP contribution in [0.1, 0.15) is 30.5 Å². The predicted molar refractivity (Wildman–Crippen MR) is 94.4 cm³/mol. The number of halogens is 1. The molecule has 1 unspecified atom stereocenters. The average molecular weight is 320 g/mol. The summed E-state index contributed by atoms with van der Waals surface area (Å²) < 4.78 is 0. The third-order valence-corrected chi connectivity index (χ3v) is 4.79. The topological polar surface area (TPSA) is 12.0 Å². The van der Waals surface area contributed by atoms with Crippen molar-refractivity contribution < 1.29 is 0 Å². The molecule has 0 aliphatic heterocycles. The molecule has 0 aliphatic carbocycles.